The van der Waals surface area contributed by atoms with Gasteiger partial charge in [-0.15, -0.1) is 0 Å². The summed E-state index contributed by atoms with van der Waals surface area (Å²) in [5, 5.41) is 0. The normalized spacial score (nSPS) is 10.5. The number of aryl methyl sites for hydroxylation is 3. The van der Waals surface area contributed by atoms with Gasteiger partial charge >= 0.3 is 0 Å². The molecule has 0 saturated carbocycles. The highest BCUT2D eigenvalue weighted by Gasteiger charge is 2.06. The molecular weight excluding hydrogens is 138 g/mol. The van der Waals surface area contributed by atoms with Crippen LogP contribution >= 0.6 is 0 Å². The lowest BCUT2D eigenvalue weighted by atomic mass is 10.2. The first-order valence-electron chi connectivity index (χ1n) is 4.23. The van der Waals surface area contributed by atoms with Crippen molar-refractivity contribution < 1.29 is 4.42 Å². The lowest BCUT2D eigenvalue weighted by molar-refractivity contribution is 0.470. The second kappa shape index (κ2) is 3.56. The van der Waals surface area contributed by atoms with Crippen LogP contribution in [0.2, 0.25) is 0 Å². The summed E-state index contributed by atoms with van der Waals surface area (Å²) in [6.07, 6.45) is 3.12. The summed E-state index contributed by atoms with van der Waals surface area (Å²) in [7, 11) is 0. The molecule has 1 aromatic heterocycles. The maximum Gasteiger partial charge on any atom is 0.191 e. The van der Waals surface area contributed by atoms with Gasteiger partial charge in [-0.1, -0.05) is 13.8 Å². The van der Waals surface area contributed by atoms with Gasteiger partial charge in [0.25, 0.3) is 0 Å². The summed E-state index contributed by atoms with van der Waals surface area (Å²) in [4.78, 5) is 4.28. The Morgan fingerprint density at radius 3 is 2.64 bits per heavy atom. The molecule has 0 aromatic carbocycles. The largest absolute Gasteiger partial charge is 0.446 e. The van der Waals surface area contributed by atoms with Crippen LogP contribution in [-0.2, 0) is 12.8 Å². The van der Waals surface area contributed by atoms with Crippen molar-refractivity contribution in [2.75, 3.05) is 0 Å². The molecule has 11 heavy (non-hydrogen) atoms. The Morgan fingerprint density at radius 2 is 2.09 bits per heavy atom. The van der Waals surface area contributed by atoms with Crippen LogP contribution in [0.5, 0.6) is 0 Å². The van der Waals surface area contributed by atoms with Crippen molar-refractivity contribution in [1.82, 2.24) is 4.98 Å². The van der Waals surface area contributed by atoms with Gasteiger partial charge in [-0.2, -0.15) is 0 Å². The second-order valence-electron chi connectivity index (χ2n) is 2.71. The maximum atomic E-state index is 5.43. The van der Waals surface area contributed by atoms with Gasteiger partial charge in [0, 0.05) is 13.3 Å². The van der Waals surface area contributed by atoms with Crippen molar-refractivity contribution in [3.63, 3.8) is 0 Å². The van der Waals surface area contributed by atoms with E-state index in [-0.39, 0.29) is 0 Å². The van der Waals surface area contributed by atoms with Crippen molar-refractivity contribution in [2.24, 2.45) is 0 Å². The van der Waals surface area contributed by atoms with Crippen LogP contribution in [0.3, 0.4) is 0 Å². The van der Waals surface area contributed by atoms with Crippen LogP contribution in [0.4, 0.5) is 0 Å². The number of aromatic nitrogens is 1. The first-order valence-corrected chi connectivity index (χ1v) is 4.23. The van der Waals surface area contributed by atoms with E-state index in [4.69, 9.17) is 4.42 Å². The fourth-order valence-corrected chi connectivity index (χ4v) is 1.21. The molecule has 1 rings (SSSR count). The molecule has 0 atom stereocenters. The topological polar surface area (TPSA) is 26.0 Å². The van der Waals surface area contributed by atoms with Gasteiger partial charge in [-0.3, -0.25) is 0 Å². The average Bonchev–Trinajstić information content (AvgIpc) is 2.32. The summed E-state index contributed by atoms with van der Waals surface area (Å²) in [5.74, 6) is 1.87. The molecule has 62 valence electrons. The zero-order chi connectivity index (χ0) is 8.27. The van der Waals surface area contributed by atoms with E-state index in [1.165, 1.54) is 0 Å². The molecular formula is C9H15NO. The highest BCUT2D eigenvalue weighted by molar-refractivity contribution is 5.09. The summed E-state index contributed by atoms with van der Waals surface area (Å²) in [6.45, 7) is 6.16. The van der Waals surface area contributed by atoms with Gasteiger partial charge in [0.1, 0.15) is 5.76 Å². The third-order valence-electron chi connectivity index (χ3n) is 1.70. The van der Waals surface area contributed by atoms with Crippen molar-refractivity contribution in [2.45, 2.75) is 40.0 Å². The van der Waals surface area contributed by atoms with Crippen molar-refractivity contribution in [3.8, 4) is 0 Å². The van der Waals surface area contributed by atoms with E-state index in [1.54, 1.807) is 0 Å². The molecule has 0 aliphatic carbocycles. The van der Waals surface area contributed by atoms with Crippen LogP contribution < -0.4 is 0 Å². The molecule has 2 heteroatoms. The van der Waals surface area contributed by atoms with Crippen molar-refractivity contribution in [3.05, 3.63) is 17.3 Å². The molecule has 0 saturated heterocycles. The van der Waals surface area contributed by atoms with E-state index in [0.717, 1.165) is 36.6 Å². The van der Waals surface area contributed by atoms with E-state index in [9.17, 15) is 0 Å². The second-order valence-corrected chi connectivity index (χ2v) is 2.71. The van der Waals surface area contributed by atoms with Crippen LogP contribution in [-0.4, -0.2) is 4.98 Å². The quantitative estimate of drug-likeness (QED) is 0.666. The fourth-order valence-electron chi connectivity index (χ4n) is 1.21. The molecule has 2 nitrogen and oxygen atoms in total. The lowest BCUT2D eigenvalue weighted by Crippen LogP contribution is -1.87. The minimum atomic E-state index is 0.797. The minimum Gasteiger partial charge on any atom is -0.446 e. The average molecular weight is 153 g/mol. The van der Waals surface area contributed by atoms with E-state index >= 15 is 0 Å². The lowest BCUT2D eigenvalue weighted by Gasteiger charge is -1.93. The smallest absolute Gasteiger partial charge is 0.191 e. The Hall–Kier alpha value is -0.790. The van der Waals surface area contributed by atoms with E-state index in [0.29, 0.717) is 0 Å². The first kappa shape index (κ1) is 8.31. The predicted molar refractivity (Wildman–Crippen MR) is 44.6 cm³/mol. The predicted octanol–water partition coefficient (Wildman–Crippen LogP) is 2.50. The van der Waals surface area contributed by atoms with Gasteiger partial charge < -0.3 is 4.42 Å². The van der Waals surface area contributed by atoms with Gasteiger partial charge in [0.15, 0.2) is 5.89 Å². The highest BCUT2D eigenvalue weighted by Crippen LogP contribution is 2.12. The monoisotopic (exact) mass is 153 g/mol. The molecule has 0 N–H and O–H groups in total. The number of rotatable bonds is 3. The Kier molecular flexibility index (Phi) is 2.69. The number of hydrogen-bond acceptors (Lipinski definition) is 2. The third-order valence-corrected chi connectivity index (χ3v) is 1.70. The van der Waals surface area contributed by atoms with Crippen LogP contribution in [0.15, 0.2) is 4.42 Å². The van der Waals surface area contributed by atoms with Crippen molar-refractivity contribution >= 4 is 0 Å². The number of oxazole rings is 1. The molecule has 0 aliphatic heterocycles. The molecule has 0 spiro atoms. The summed E-state index contributed by atoms with van der Waals surface area (Å²) in [5.41, 5.74) is 1.13. The Balaban J connectivity index is 2.83. The Labute approximate surface area is 67.6 Å². The Bertz CT molecular complexity index is 227. The molecule has 0 fully saturated rings. The minimum absolute atomic E-state index is 0.797. The summed E-state index contributed by atoms with van der Waals surface area (Å²) in [6, 6.07) is 0. The van der Waals surface area contributed by atoms with E-state index < -0.39 is 0 Å². The van der Waals surface area contributed by atoms with Gasteiger partial charge in [0.05, 0.1) is 5.69 Å². The number of nitrogens with zero attached hydrogens (tertiary/aromatic N) is 1. The molecule has 0 aliphatic rings. The molecule has 0 unspecified atom stereocenters. The Morgan fingerprint density at radius 1 is 1.36 bits per heavy atom. The SMILES string of the molecule is CCCc1oc(C)nc1CC. The van der Waals surface area contributed by atoms with Crippen LogP contribution in [0.1, 0.15) is 37.6 Å². The molecule has 1 aromatic rings. The molecule has 0 bridgehead atoms. The van der Waals surface area contributed by atoms with Gasteiger partial charge in [-0.25, -0.2) is 4.98 Å². The van der Waals surface area contributed by atoms with E-state index in [2.05, 4.69) is 18.8 Å². The summed E-state index contributed by atoms with van der Waals surface area (Å²) >= 11 is 0. The van der Waals surface area contributed by atoms with Gasteiger partial charge in [0.2, 0.25) is 0 Å². The summed E-state index contributed by atoms with van der Waals surface area (Å²) < 4.78 is 5.43. The van der Waals surface area contributed by atoms with Crippen molar-refractivity contribution in [1.29, 1.82) is 0 Å². The molecule has 0 radical (unpaired) electrons. The standard InChI is InChI=1S/C9H15NO/c1-4-6-9-8(5-2)10-7(3)11-9/h4-6H2,1-3H3. The fraction of sp³-hybridized carbons (Fsp3) is 0.667. The molecule has 0 amide bonds. The zero-order valence-corrected chi connectivity index (χ0v) is 7.48. The molecule has 1 heterocycles. The van der Waals surface area contributed by atoms with Crippen LogP contribution in [0.25, 0.3) is 0 Å². The maximum absolute atomic E-state index is 5.43. The van der Waals surface area contributed by atoms with Crippen LogP contribution in [0, 0.1) is 6.92 Å². The third kappa shape index (κ3) is 1.82. The number of hydrogen-bond donors (Lipinski definition) is 0. The first-order chi connectivity index (χ1) is 5.27. The van der Waals surface area contributed by atoms with E-state index in [1.807, 2.05) is 6.92 Å². The van der Waals surface area contributed by atoms with Gasteiger partial charge in [-0.05, 0) is 12.8 Å². The highest BCUT2D eigenvalue weighted by atomic mass is 16.4. The zero-order valence-electron chi connectivity index (χ0n) is 7.48.